The van der Waals surface area contributed by atoms with E-state index in [0.29, 0.717) is 12.2 Å². The summed E-state index contributed by atoms with van der Waals surface area (Å²) in [5.41, 5.74) is 0.707. The summed E-state index contributed by atoms with van der Waals surface area (Å²) in [5.74, 6) is 1.33. The first-order valence-electron chi connectivity index (χ1n) is 3.85. The monoisotopic (exact) mass is 209 g/mol. The average molecular weight is 210 g/mol. The van der Waals surface area contributed by atoms with E-state index in [1.807, 2.05) is 0 Å². The third-order valence-corrected chi connectivity index (χ3v) is 1.92. The summed E-state index contributed by atoms with van der Waals surface area (Å²) >= 11 is 5.68. The Hall–Kier alpha value is -1.66. The molecule has 0 spiro atoms. The smallest absolute Gasteiger partial charge is 0.337 e. The zero-order chi connectivity index (χ0) is 10.6. The normalized spacial score (nSPS) is 9.14. The maximum atomic E-state index is 10.7. The average Bonchev–Trinajstić information content (AvgIpc) is 2.16. The van der Waals surface area contributed by atoms with Crippen LogP contribution in [0.2, 0.25) is 5.02 Å². The fraction of sp³-hybridized carbons (Fsp3) is 0.100. The maximum absolute atomic E-state index is 10.7. The van der Waals surface area contributed by atoms with Crippen molar-refractivity contribution in [2.45, 2.75) is 0 Å². The summed E-state index contributed by atoms with van der Waals surface area (Å²) in [6, 6.07) is 4.64. The summed E-state index contributed by atoms with van der Waals surface area (Å²) in [7, 11) is 0. The van der Waals surface area contributed by atoms with Gasteiger partial charge in [-0.2, -0.15) is 0 Å². The first kappa shape index (κ1) is 10.4. The van der Waals surface area contributed by atoms with Crippen LogP contribution in [0.3, 0.4) is 0 Å². The van der Waals surface area contributed by atoms with E-state index >= 15 is 0 Å². The molecule has 0 unspecified atom stereocenters. The van der Waals surface area contributed by atoms with Crippen LogP contribution in [0.4, 0.5) is 5.69 Å². The zero-order valence-corrected chi connectivity index (χ0v) is 8.01. The Bertz CT molecular complexity index is 396. The summed E-state index contributed by atoms with van der Waals surface area (Å²) < 4.78 is 0. The molecule has 0 saturated carbocycles. The van der Waals surface area contributed by atoms with Crippen molar-refractivity contribution in [3.63, 3.8) is 0 Å². The van der Waals surface area contributed by atoms with Crippen molar-refractivity contribution in [3.05, 3.63) is 28.8 Å². The van der Waals surface area contributed by atoms with Crippen molar-refractivity contribution in [2.24, 2.45) is 0 Å². The van der Waals surface area contributed by atoms with E-state index < -0.39 is 5.97 Å². The molecule has 0 bridgehead atoms. The van der Waals surface area contributed by atoms with Gasteiger partial charge in [0, 0.05) is 5.69 Å². The molecular formula is C10H8ClNO2. The van der Waals surface area contributed by atoms with Crippen molar-refractivity contribution < 1.29 is 9.90 Å². The van der Waals surface area contributed by atoms with Gasteiger partial charge in [0.05, 0.1) is 17.1 Å². The SMILES string of the molecule is C#CCNc1ccc(Cl)c(C(=O)O)c1. The Balaban J connectivity index is 2.96. The maximum Gasteiger partial charge on any atom is 0.337 e. The molecule has 3 nitrogen and oxygen atoms in total. The predicted octanol–water partition coefficient (Wildman–Crippen LogP) is 2.08. The molecule has 0 heterocycles. The lowest BCUT2D eigenvalue weighted by atomic mass is 10.2. The minimum Gasteiger partial charge on any atom is -0.478 e. The van der Waals surface area contributed by atoms with Gasteiger partial charge in [0.1, 0.15) is 0 Å². The van der Waals surface area contributed by atoms with Crippen LogP contribution >= 0.6 is 11.6 Å². The Morgan fingerprint density at radius 2 is 2.36 bits per heavy atom. The fourth-order valence-electron chi connectivity index (χ4n) is 0.952. The lowest BCUT2D eigenvalue weighted by Crippen LogP contribution is -2.02. The van der Waals surface area contributed by atoms with E-state index in [0.717, 1.165) is 0 Å². The van der Waals surface area contributed by atoms with Gasteiger partial charge in [-0.3, -0.25) is 0 Å². The number of anilines is 1. The quantitative estimate of drug-likeness (QED) is 0.750. The molecule has 0 aliphatic carbocycles. The lowest BCUT2D eigenvalue weighted by molar-refractivity contribution is 0.0697. The highest BCUT2D eigenvalue weighted by Crippen LogP contribution is 2.20. The second-order valence-corrected chi connectivity index (χ2v) is 2.96. The largest absolute Gasteiger partial charge is 0.478 e. The van der Waals surface area contributed by atoms with Crippen LogP contribution in [0.1, 0.15) is 10.4 Å². The molecule has 72 valence electrons. The van der Waals surface area contributed by atoms with E-state index in [4.69, 9.17) is 23.1 Å². The highest BCUT2D eigenvalue weighted by Gasteiger charge is 2.08. The number of aromatic carboxylic acids is 1. The first-order chi connectivity index (χ1) is 6.65. The van der Waals surface area contributed by atoms with Crippen LogP contribution in [-0.2, 0) is 0 Å². The first-order valence-corrected chi connectivity index (χ1v) is 4.23. The van der Waals surface area contributed by atoms with Crippen molar-refractivity contribution >= 4 is 23.3 Å². The predicted molar refractivity (Wildman–Crippen MR) is 55.7 cm³/mol. The molecule has 0 fully saturated rings. The second-order valence-electron chi connectivity index (χ2n) is 2.56. The highest BCUT2D eigenvalue weighted by molar-refractivity contribution is 6.33. The number of carboxylic acid groups (broad SMARTS) is 1. The number of halogens is 1. The standard InChI is InChI=1S/C10H8ClNO2/c1-2-5-12-7-3-4-9(11)8(6-7)10(13)14/h1,3-4,6,12H,5H2,(H,13,14). The summed E-state index contributed by atoms with van der Waals surface area (Å²) in [6.07, 6.45) is 5.05. The lowest BCUT2D eigenvalue weighted by Gasteiger charge is -2.04. The Kier molecular flexibility index (Phi) is 3.38. The molecule has 1 aromatic carbocycles. The third-order valence-electron chi connectivity index (χ3n) is 1.59. The molecular weight excluding hydrogens is 202 g/mol. The Morgan fingerprint density at radius 3 is 2.93 bits per heavy atom. The molecule has 1 aromatic rings. The van der Waals surface area contributed by atoms with Crippen LogP contribution < -0.4 is 5.32 Å². The zero-order valence-electron chi connectivity index (χ0n) is 7.25. The number of benzene rings is 1. The third kappa shape index (κ3) is 2.41. The number of hydrogen-bond acceptors (Lipinski definition) is 2. The van der Waals surface area contributed by atoms with Gasteiger partial charge in [0.15, 0.2) is 0 Å². The van der Waals surface area contributed by atoms with Crippen LogP contribution in [0.5, 0.6) is 0 Å². The van der Waals surface area contributed by atoms with Crippen molar-refractivity contribution in [1.29, 1.82) is 0 Å². The Morgan fingerprint density at radius 1 is 1.64 bits per heavy atom. The van der Waals surface area contributed by atoms with E-state index in [2.05, 4.69) is 11.2 Å². The van der Waals surface area contributed by atoms with Crippen LogP contribution in [0.15, 0.2) is 18.2 Å². The number of nitrogens with one attached hydrogen (secondary N) is 1. The van der Waals surface area contributed by atoms with E-state index in [-0.39, 0.29) is 10.6 Å². The van der Waals surface area contributed by atoms with Crippen LogP contribution in [-0.4, -0.2) is 17.6 Å². The van der Waals surface area contributed by atoms with Gasteiger partial charge in [0.25, 0.3) is 0 Å². The molecule has 14 heavy (non-hydrogen) atoms. The van der Waals surface area contributed by atoms with Gasteiger partial charge in [0.2, 0.25) is 0 Å². The molecule has 2 N–H and O–H groups in total. The molecule has 1 rings (SSSR count). The minimum atomic E-state index is -1.06. The van der Waals surface area contributed by atoms with Crippen molar-refractivity contribution in [2.75, 3.05) is 11.9 Å². The molecule has 0 saturated heterocycles. The van der Waals surface area contributed by atoms with Gasteiger partial charge >= 0.3 is 5.97 Å². The summed E-state index contributed by atoms with van der Waals surface area (Å²) in [5, 5.41) is 11.8. The molecule has 0 aliphatic rings. The number of carboxylic acids is 1. The van der Waals surface area contributed by atoms with Gasteiger partial charge in [-0.05, 0) is 18.2 Å². The molecule has 4 heteroatoms. The van der Waals surface area contributed by atoms with Gasteiger partial charge in [-0.1, -0.05) is 17.5 Å². The summed E-state index contributed by atoms with van der Waals surface area (Å²) in [4.78, 5) is 10.7. The molecule has 0 aliphatic heterocycles. The molecule has 0 amide bonds. The molecule has 0 atom stereocenters. The number of carbonyl (C=O) groups is 1. The Labute approximate surface area is 86.7 Å². The van der Waals surface area contributed by atoms with E-state index in [1.165, 1.54) is 12.1 Å². The van der Waals surface area contributed by atoms with E-state index in [9.17, 15) is 4.79 Å². The highest BCUT2D eigenvalue weighted by atomic mass is 35.5. The van der Waals surface area contributed by atoms with Crippen LogP contribution in [0, 0.1) is 12.3 Å². The van der Waals surface area contributed by atoms with Crippen molar-refractivity contribution in [3.8, 4) is 12.3 Å². The van der Waals surface area contributed by atoms with Gasteiger partial charge in [-0.15, -0.1) is 6.42 Å². The summed E-state index contributed by atoms with van der Waals surface area (Å²) in [6.45, 7) is 0.348. The van der Waals surface area contributed by atoms with Gasteiger partial charge < -0.3 is 10.4 Å². The number of terminal acetylenes is 1. The number of hydrogen-bond donors (Lipinski definition) is 2. The minimum absolute atomic E-state index is 0.0636. The van der Waals surface area contributed by atoms with E-state index in [1.54, 1.807) is 6.07 Å². The topological polar surface area (TPSA) is 49.3 Å². The second kappa shape index (κ2) is 4.54. The number of rotatable bonds is 3. The van der Waals surface area contributed by atoms with Gasteiger partial charge in [-0.25, -0.2) is 4.79 Å². The fourth-order valence-corrected chi connectivity index (χ4v) is 1.15. The van der Waals surface area contributed by atoms with Crippen molar-refractivity contribution in [1.82, 2.24) is 0 Å². The molecule has 0 radical (unpaired) electrons. The van der Waals surface area contributed by atoms with Crippen LogP contribution in [0.25, 0.3) is 0 Å². The molecule has 0 aromatic heterocycles.